The van der Waals surface area contributed by atoms with Crippen molar-refractivity contribution in [3.05, 3.63) is 41.3 Å². The van der Waals surface area contributed by atoms with Crippen LogP contribution in [0.1, 0.15) is 34.7 Å². The number of anilines is 1. The van der Waals surface area contributed by atoms with E-state index in [-0.39, 0.29) is 48.8 Å². The highest BCUT2D eigenvalue weighted by Crippen LogP contribution is 2.24. The number of urea groups is 1. The van der Waals surface area contributed by atoms with E-state index in [1.165, 1.54) is 4.31 Å². The van der Waals surface area contributed by atoms with Crippen LogP contribution in [0.15, 0.2) is 33.7 Å². The second-order valence-corrected chi connectivity index (χ2v) is 9.93. The van der Waals surface area contributed by atoms with Crippen molar-refractivity contribution in [3.63, 3.8) is 0 Å². The molecule has 1 N–H and O–H groups in total. The minimum absolute atomic E-state index is 0.0308. The molecule has 2 aliphatic heterocycles. The lowest BCUT2D eigenvalue weighted by molar-refractivity contribution is 0.0793. The van der Waals surface area contributed by atoms with Crippen LogP contribution < -0.4 is 5.32 Å². The van der Waals surface area contributed by atoms with Crippen LogP contribution >= 0.6 is 0 Å². The fourth-order valence-corrected chi connectivity index (χ4v) is 5.85. The summed E-state index contributed by atoms with van der Waals surface area (Å²) in [7, 11) is -3.73. The van der Waals surface area contributed by atoms with Crippen molar-refractivity contribution in [3.8, 4) is 0 Å². The summed E-state index contributed by atoms with van der Waals surface area (Å²) in [5.41, 5.74) is 1.40. The lowest BCUT2D eigenvalue weighted by atomic mass is 10.2. The first-order chi connectivity index (χ1) is 15.3. The van der Waals surface area contributed by atoms with Gasteiger partial charge in [0, 0.05) is 50.5 Å². The number of benzene rings is 1. The second kappa shape index (κ2) is 8.91. The predicted molar refractivity (Wildman–Crippen MR) is 117 cm³/mol. The van der Waals surface area contributed by atoms with Gasteiger partial charge in [0.1, 0.15) is 10.6 Å². The molecule has 0 spiro atoms. The molecule has 11 heteroatoms. The molecule has 0 bridgehead atoms. The maximum atomic E-state index is 12.9. The first kappa shape index (κ1) is 22.3. The standard InChI is InChI=1S/C21H27N5O5S/c1-15-19(16(2)31-23-15)32(29,30)26-12-10-25(11-13-26)21(28)22-18-7-5-6-17(14-18)20(27)24-8-3-4-9-24/h5-7,14H,3-4,8-13H2,1-2H3,(H,22,28). The Hall–Kier alpha value is -2.92. The third-order valence-electron chi connectivity index (χ3n) is 5.85. The summed E-state index contributed by atoms with van der Waals surface area (Å²) in [5.74, 6) is 0.225. The maximum Gasteiger partial charge on any atom is 0.321 e. The van der Waals surface area contributed by atoms with Gasteiger partial charge in [0.25, 0.3) is 5.91 Å². The Morgan fingerprint density at radius 3 is 2.31 bits per heavy atom. The molecule has 2 saturated heterocycles. The Kier molecular flexibility index (Phi) is 6.20. The van der Waals surface area contributed by atoms with Gasteiger partial charge in [0.2, 0.25) is 10.0 Å². The van der Waals surface area contributed by atoms with Crippen molar-refractivity contribution in [2.45, 2.75) is 31.6 Å². The number of hydrogen-bond acceptors (Lipinski definition) is 6. The number of aromatic nitrogens is 1. The number of sulfonamides is 1. The summed E-state index contributed by atoms with van der Waals surface area (Å²) in [5, 5.41) is 6.55. The van der Waals surface area contributed by atoms with Gasteiger partial charge < -0.3 is 19.6 Å². The second-order valence-electron chi connectivity index (χ2n) is 8.05. The third-order valence-corrected chi connectivity index (χ3v) is 7.99. The summed E-state index contributed by atoms with van der Waals surface area (Å²) < 4.78 is 32.2. The summed E-state index contributed by atoms with van der Waals surface area (Å²) in [6, 6.07) is 6.57. The highest BCUT2D eigenvalue weighted by Gasteiger charge is 2.34. The highest BCUT2D eigenvalue weighted by molar-refractivity contribution is 7.89. The number of carbonyl (C=O) groups excluding carboxylic acids is 2. The molecule has 0 atom stereocenters. The number of nitrogens with zero attached hydrogens (tertiary/aromatic N) is 4. The van der Waals surface area contributed by atoms with Gasteiger partial charge in [-0.05, 0) is 44.9 Å². The van der Waals surface area contributed by atoms with Gasteiger partial charge in [-0.25, -0.2) is 13.2 Å². The number of nitrogens with one attached hydrogen (secondary N) is 1. The Labute approximate surface area is 187 Å². The zero-order valence-corrected chi connectivity index (χ0v) is 19.0. The van der Waals surface area contributed by atoms with Gasteiger partial charge in [0.15, 0.2) is 5.76 Å². The van der Waals surface area contributed by atoms with E-state index in [4.69, 9.17) is 4.52 Å². The minimum Gasteiger partial charge on any atom is -0.360 e. The van der Waals surface area contributed by atoms with Crippen LogP contribution in [0.2, 0.25) is 0 Å². The van der Waals surface area contributed by atoms with Gasteiger partial charge in [-0.1, -0.05) is 11.2 Å². The van der Waals surface area contributed by atoms with Gasteiger partial charge in [-0.3, -0.25) is 4.79 Å². The van der Waals surface area contributed by atoms with E-state index in [9.17, 15) is 18.0 Å². The van der Waals surface area contributed by atoms with E-state index < -0.39 is 10.0 Å². The molecule has 1 aromatic carbocycles. The van der Waals surface area contributed by atoms with Crippen LogP contribution in [-0.2, 0) is 10.0 Å². The average molecular weight is 462 g/mol. The fourth-order valence-electron chi connectivity index (χ4n) is 4.14. The van der Waals surface area contributed by atoms with Crippen molar-refractivity contribution in [2.75, 3.05) is 44.6 Å². The molecule has 2 aliphatic rings. The summed E-state index contributed by atoms with van der Waals surface area (Å²) in [4.78, 5) is 28.8. The van der Waals surface area contributed by atoms with Crippen molar-refractivity contribution >= 4 is 27.6 Å². The van der Waals surface area contributed by atoms with Crippen molar-refractivity contribution < 1.29 is 22.5 Å². The molecule has 2 aromatic rings. The molecule has 0 unspecified atom stereocenters. The number of hydrogen-bond donors (Lipinski definition) is 1. The molecule has 0 saturated carbocycles. The molecule has 4 rings (SSSR count). The molecule has 2 fully saturated rings. The Morgan fingerprint density at radius 2 is 1.69 bits per heavy atom. The summed E-state index contributed by atoms with van der Waals surface area (Å²) in [6.45, 7) is 5.53. The number of amides is 3. The smallest absolute Gasteiger partial charge is 0.321 e. The van der Waals surface area contributed by atoms with Crippen LogP contribution in [0.4, 0.5) is 10.5 Å². The monoisotopic (exact) mass is 461 g/mol. The first-order valence-electron chi connectivity index (χ1n) is 10.7. The van der Waals surface area contributed by atoms with Crippen molar-refractivity contribution in [2.24, 2.45) is 0 Å². The topological polar surface area (TPSA) is 116 Å². The number of piperazine rings is 1. The van der Waals surface area contributed by atoms with Crippen LogP contribution in [0.5, 0.6) is 0 Å². The highest BCUT2D eigenvalue weighted by atomic mass is 32.2. The molecule has 0 radical (unpaired) electrons. The van der Waals surface area contributed by atoms with Crippen LogP contribution in [0.25, 0.3) is 0 Å². The third kappa shape index (κ3) is 4.35. The fraction of sp³-hybridized carbons (Fsp3) is 0.476. The molecule has 3 heterocycles. The average Bonchev–Trinajstić information content (AvgIpc) is 3.43. The summed E-state index contributed by atoms with van der Waals surface area (Å²) in [6.07, 6.45) is 2.03. The minimum atomic E-state index is -3.73. The lowest BCUT2D eigenvalue weighted by Crippen LogP contribution is -2.51. The zero-order chi connectivity index (χ0) is 22.9. The molecule has 32 heavy (non-hydrogen) atoms. The largest absolute Gasteiger partial charge is 0.360 e. The Morgan fingerprint density at radius 1 is 1.00 bits per heavy atom. The van der Waals surface area contributed by atoms with E-state index in [1.807, 2.05) is 4.90 Å². The predicted octanol–water partition coefficient (Wildman–Crippen LogP) is 2.07. The number of aryl methyl sites for hydroxylation is 2. The number of rotatable bonds is 4. The van der Waals surface area contributed by atoms with E-state index in [1.54, 1.807) is 43.0 Å². The quantitative estimate of drug-likeness (QED) is 0.745. The first-order valence-corrected chi connectivity index (χ1v) is 12.1. The van der Waals surface area contributed by atoms with E-state index in [0.717, 1.165) is 25.9 Å². The molecule has 172 valence electrons. The van der Waals surface area contributed by atoms with Gasteiger partial charge in [-0.15, -0.1) is 0 Å². The maximum absolute atomic E-state index is 12.9. The van der Waals surface area contributed by atoms with E-state index in [0.29, 0.717) is 16.9 Å². The van der Waals surface area contributed by atoms with Crippen LogP contribution in [0, 0.1) is 13.8 Å². The summed E-state index contributed by atoms with van der Waals surface area (Å²) >= 11 is 0. The van der Waals surface area contributed by atoms with Gasteiger partial charge >= 0.3 is 6.03 Å². The van der Waals surface area contributed by atoms with Crippen LogP contribution in [-0.4, -0.2) is 78.9 Å². The Balaban J connectivity index is 1.37. The van der Waals surface area contributed by atoms with Gasteiger partial charge in [0.05, 0.1) is 0 Å². The zero-order valence-electron chi connectivity index (χ0n) is 18.2. The van der Waals surface area contributed by atoms with E-state index in [2.05, 4.69) is 10.5 Å². The molecule has 10 nitrogen and oxygen atoms in total. The van der Waals surface area contributed by atoms with Crippen molar-refractivity contribution in [1.82, 2.24) is 19.3 Å². The molecule has 3 amide bonds. The van der Waals surface area contributed by atoms with Crippen molar-refractivity contribution in [1.29, 1.82) is 0 Å². The molecular weight excluding hydrogens is 434 g/mol. The molecule has 0 aliphatic carbocycles. The SMILES string of the molecule is Cc1noc(C)c1S(=O)(=O)N1CCN(C(=O)Nc2cccc(C(=O)N3CCCC3)c2)CC1. The number of likely N-dealkylation sites (tertiary alicyclic amines) is 1. The van der Waals surface area contributed by atoms with Gasteiger partial charge in [-0.2, -0.15) is 4.31 Å². The molecule has 1 aromatic heterocycles. The normalized spacial score (nSPS) is 17.6. The molecular formula is C21H27N5O5S. The van der Waals surface area contributed by atoms with E-state index >= 15 is 0 Å². The Bertz CT molecular complexity index is 1100. The lowest BCUT2D eigenvalue weighted by Gasteiger charge is -2.33. The number of carbonyl (C=O) groups is 2. The van der Waals surface area contributed by atoms with Crippen LogP contribution in [0.3, 0.4) is 0 Å².